The van der Waals surface area contributed by atoms with E-state index in [0.717, 1.165) is 22.4 Å². The van der Waals surface area contributed by atoms with Crippen molar-refractivity contribution in [2.45, 2.75) is 18.0 Å². The molecule has 27 heavy (non-hydrogen) atoms. The fourth-order valence-electron chi connectivity index (χ4n) is 2.95. The average molecular weight is 404 g/mol. The summed E-state index contributed by atoms with van der Waals surface area (Å²) in [6.45, 7) is -0.141. The number of nitrogens with zero attached hydrogens (tertiary/aromatic N) is 2. The zero-order chi connectivity index (χ0) is 19.4. The van der Waals surface area contributed by atoms with Crippen molar-refractivity contribution in [1.82, 2.24) is 4.98 Å². The minimum Gasteiger partial charge on any atom is -0.390 e. The van der Waals surface area contributed by atoms with Gasteiger partial charge in [0, 0.05) is 22.0 Å². The molecule has 3 atom stereocenters. The van der Waals surface area contributed by atoms with Crippen LogP contribution in [0.3, 0.4) is 0 Å². The van der Waals surface area contributed by atoms with Crippen LogP contribution in [0.15, 0.2) is 53.7 Å². The maximum Gasteiger partial charge on any atom is 0.279 e. The molecule has 0 spiro atoms. The van der Waals surface area contributed by atoms with E-state index in [0.29, 0.717) is 16.6 Å². The summed E-state index contributed by atoms with van der Waals surface area (Å²) in [5, 5.41) is 26.0. The van der Waals surface area contributed by atoms with Gasteiger partial charge in [0.25, 0.3) is 6.34 Å². The molecule has 0 aliphatic carbocycles. The highest BCUT2D eigenvalue weighted by atomic mass is 35.5. The van der Waals surface area contributed by atoms with E-state index >= 15 is 0 Å². The lowest BCUT2D eigenvalue weighted by Gasteiger charge is -2.21. The Balaban J connectivity index is 1.97. The molecular formula is C19H20ClN4O2S+. The Morgan fingerprint density at radius 3 is 2.78 bits per heavy atom. The molecule has 2 heterocycles. The molecule has 0 fully saturated rings. The highest BCUT2D eigenvalue weighted by molar-refractivity contribution is 8.09. The van der Waals surface area contributed by atoms with Crippen molar-refractivity contribution in [1.29, 1.82) is 0 Å². The molecule has 3 rings (SSSR count). The summed E-state index contributed by atoms with van der Waals surface area (Å²) < 4.78 is 0. The fraction of sp³-hybridized carbons (Fsp3) is 0.211. The van der Waals surface area contributed by atoms with Gasteiger partial charge < -0.3 is 15.9 Å². The third-order valence-corrected chi connectivity index (χ3v) is 5.99. The molecule has 1 aliphatic rings. The van der Waals surface area contributed by atoms with Crippen LogP contribution in [0.2, 0.25) is 5.02 Å². The molecule has 6 N–H and O–H groups in total. The van der Waals surface area contributed by atoms with E-state index in [1.54, 1.807) is 30.5 Å². The summed E-state index contributed by atoms with van der Waals surface area (Å²) in [5.74, 6) is 0.0313. The number of hydrogen-bond acceptors (Lipinski definition) is 4. The molecule has 1 aliphatic heterocycles. The van der Waals surface area contributed by atoms with Gasteiger partial charge in [-0.2, -0.15) is 0 Å². The molecule has 0 amide bonds. The van der Waals surface area contributed by atoms with Gasteiger partial charge in [-0.15, -0.1) is 11.8 Å². The van der Waals surface area contributed by atoms with Gasteiger partial charge in [-0.1, -0.05) is 29.8 Å². The van der Waals surface area contributed by atoms with Gasteiger partial charge >= 0.3 is 0 Å². The van der Waals surface area contributed by atoms with Crippen LogP contribution in [0, 0.1) is 5.92 Å². The number of aliphatic hydroxyl groups excluding tert-OH is 2. The van der Waals surface area contributed by atoms with Gasteiger partial charge in [-0.25, -0.2) is 0 Å². The van der Waals surface area contributed by atoms with Crippen molar-refractivity contribution < 1.29 is 15.6 Å². The fourth-order valence-corrected chi connectivity index (χ4v) is 4.42. The van der Waals surface area contributed by atoms with Crippen LogP contribution in [0.1, 0.15) is 22.9 Å². The second-order valence-electron chi connectivity index (χ2n) is 6.04. The van der Waals surface area contributed by atoms with E-state index in [4.69, 9.17) is 22.7 Å². The highest BCUT2D eigenvalue weighted by Crippen LogP contribution is 2.47. The Kier molecular flexibility index (Phi) is 6.28. The molecule has 6 nitrogen and oxygen atoms in total. The number of thioether (sulfide) groups is 1. The van der Waals surface area contributed by atoms with Crippen molar-refractivity contribution in [2.75, 3.05) is 0 Å². The number of benzene rings is 1. The number of aromatic nitrogens is 1. The molecule has 1 aromatic heterocycles. The smallest absolute Gasteiger partial charge is 0.279 e. The Hall–Kier alpha value is -2.19. The zero-order valence-electron chi connectivity index (χ0n) is 14.4. The molecule has 8 heteroatoms. The van der Waals surface area contributed by atoms with Crippen LogP contribution in [0.25, 0.3) is 4.91 Å². The predicted molar refractivity (Wildman–Crippen MR) is 109 cm³/mol. The minimum atomic E-state index is -0.789. The van der Waals surface area contributed by atoms with Crippen LogP contribution in [0.5, 0.6) is 0 Å². The Bertz CT molecular complexity index is 886. The lowest BCUT2D eigenvalue weighted by molar-refractivity contribution is -0.106. The van der Waals surface area contributed by atoms with Gasteiger partial charge in [0.2, 0.25) is 5.84 Å². The number of pyridine rings is 1. The monoisotopic (exact) mass is 403 g/mol. The van der Waals surface area contributed by atoms with Crippen LogP contribution in [0.4, 0.5) is 0 Å². The number of amidine groups is 1. The lowest BCUT2D eigenvalue weighted by atomic mass is 9.91. The van der Waals surface area contributed by atoms with Crippen molar-refractivity contribution in [2.24, 2.45) is 16.6 Å². The lowest BCUT2D eigenvalue weighted by Crippen LogP contribution is -2.36. The Morgan fingerprint density at radius 1 is 1.37 bits per heavy atom. The third kappa shape index (κ3) is 4.39. The maximum absolute atomic E-state index is 11.0. The van der Waals surface area contributed by atoms with Crippen LogP contribution in [-0.2, 0) is 6.61 Å². The van der Waals surface area contributed by atoms with Crippen LogP contribution in [-0.4, -0.2) is 32.6 Å². The van der Waals surface area contributed by atoms with Gasteiger partial charge in [0.05, 0.1) is 18.4 Å². The maximum atomic E-state index is 11.0. The summed E-state index contributed by atoms with van der Waals surface area (Å²) in [7, 11) is 0. The molecule has 0 bridgehead atoms. The third-order valence-electron chi connectivity index (χ3n) is 4.30. The predicted octanol–water partition coefficient (Wildman–Crippen LogP) is 1.18. The van der Waals surface area contributed by atoms with E-state index in [1.165, 1.54) is 11.8 Å². The minimum absolute atomic E-state index is 0.141. The van der Waals surface area contributed by atoms with Crippen molar-refractivity contribution in [3.63, 3.8) is 0 Å². The average Bonchev–Trinajstić information content (AvgIpc) is 3.14. The van der Waals surface area contributed by atoms with Gasteiger partial charge in [0.15, 0.2) is 0 Å². The summed E-state index contributed by atoms with van der Waals surface area (Å²) in [6, 6.07) is 10.7. The van der Waals surface area contributed by atoms with E-state index in [2.05, 4.69) is 9.98 Å². The SMILES string of the molecule is NC(=NC=[NH2+])C1SC(c2ccnc(CO)c2)=CC1C(O)c1ccc(Cl)cc1. The summed E-state index contributed by atoms with van der Waals surface area (Å²) in [6.07, 6.45) is 3.98. The van der Waals surface area contributed by atoms with E-state index < -0.39 is 6.10 Å². The number of aliphatic imine (C=N–C) groups is 1. The molecule has 0 saturated heterocycles. The van der Waals surface area contributed by atoms with Crippen LogP contribution < -0.4 is 11.1 Å². The molecule has 140 valence electrons. The van der Waals surface area contributed by atoms with E-state index in [-0.39, 0.29) is 17.8 Å². The van der Waals surface area contributed by atoms with Gasteiger partial charge in [-0.3, -0.25) is 10.4 Å². The second kappa shape index (κ2) is 8.67. The Morgan fingerprint density at radius 2 is 2.11 bits per heavy atom. The number of nitrogens with two attached hydrogens (primary N) is 2. The Labute approximate surface area is 166 Å². The first-order valence-electron chi connectivity index (χ1n) is 8.28. The molecule has 3 unspecified atom stereocenters. The zero-order valence-corrected chi connectivity index (χ0v) is 15.9. The first kappa shape index (κ1) is 19.6. The van der Waals surface area contributed by atoms with E-state index in [1.807, 2.05) is 18.2 Å². The largest absolute Gasteiger partial charge is 0.390 e. The van der Waals surface area contributed by atoms with Crippen molar-refractivity contribution >= 4 is 40.4 Å². The topological polar surface area (TPSA) is 117 Å². The molecule has 0 saturated carbocycles. The van der Waals surface area contributed by atoms with E-state index in [9.17, 15) is 10.2 Å². The normalized spacial score (nSPS) is 21.0. The molecule has 1 aromatic carbocycles. The highest BCUT2D eigenvalue weighted by Gasteiger charge is 2.39. The number of rotatable bonds is 6. The summed E-state index contributed by atoms with van der Waals surface area (Å²) in [5.41, 5.74) is 8.33. The quantitative estimate of drug-likeness (QED) is 0.426. The standard InChI is InChI=1S/C19H19ClN4O2S/c20-13-3-1-11(2-4-13)17(26)15-8-16(27-18(15)19(22)24-10-21)12-5-6-23-14(7-12)9-25/h1-8,10,15,17-18,25-26H,9H2,(H3,21,22,24)/p+1. The number of halogens is 1. The van der Waals surface area contributed by atoms with Crippen LogP contribution >= 0.6 is 23.4 Å². The first-order valence-corrected chi connectivity index (χ1v) is 9.54. The molecular weight excluding hydrogens is 384 g/mol. The van der Waals surface area contributed by atoms with Gasteiger partial charge in [-0.05, 0) is 40.4 Å². The molecule has 0 radical (unpaired) electrons. The summed E-state index contributed by atoms with van der Waals surface area (Å²) >= 11 is 7.45. The summed E-state index contributed by atoms with van der Waals surface area (Å²) in [4.78, 5) is 9.06. The second-order valence-corrected chi connectivity index (χ2v) is 7.66. The first-order chi connectivity index (χ1) is 13.0. The van der Waals surface area contributed by atoms with Crippen molar-refractivity contribution in [3.8, 4) is 0 Å². The number of hydrogen-bond donors (Lipinski definition) is 4. The molecule has 2 aromatic rings. The van der Waals surface area contributed by atoms with Crippen molar-refractivity contribution in [3.05, 3.63) is 70.5 Å². The number of aliphatic hydroxyl groups is 2. The van der Waals surface area contributed by atoms with Gasteiger partial charge in [0.1, 0.15) is 5.25 Å².